The lowest BCUT2D eigenvalue weighted by molar-refractivity contribution is -0.124. The van der Waals surface area contributed by atoms with E-state index < -0.39 is 18.4 Å². The second-order valence-corrected chi connectivity index (χ2v) is 10.2. The number of rotatable bonds is 5. The van der Waals surface area contributed by atoms with E-state index in [0.29, 0.717) is 16.9 Å². The molecule has 0 N–H and O–H groups in total. The van der Waals surface area contributed by atoms with E-state index >= 15 is 0 Å². The smallest absolute Gasteiger partial charge is 0.340 e. The maximum atomic E-state index is 13.4. The molecule has 0 unspecified atom stereocenters. The van der Waals surface area contributed by atoms with Gasteiger partial charge in [0.25, 0.3) is 0 Å². The molecular weight excluding hydrogens is 477 g/mol. The molecule has 5 aliphatic rings. The molecule has 0 radical (unpaired) electrons. The first-order valence-corrected chi connectivity index (χ1v) is 11.9. The fraction of sp³-hybridized carbons (Fsp3) is 0.308. The Morgan fingerprint density at radius 3 is 2.21 bits per heavy atom. The van der Waals surface area contributed by atoms with E-state index in [0.717, 1.165) is 11.3 Å². The predicted octanol–water partition coefficient (Wildman–Crippen LogP) is 4.59. The molecule has 4 aliphatic carbocycles. The van der Waals surface area contributed by atoms with E-state index in [-0.39, 0.29) is 57.3 Å². The zero-order valence-electron chi connectivity index (χ0n) is 17.8. The van der Waals surface area contributed by atoms with Crippen LogP contribution in [-0.2, 0) is 14.3 Å². The van der Waals surface area contributed by atoms with Gasteiger partial charge in [-0.1, -0.05) is 47.5 Å². The summed E-state index contributed by atoms with van der Waals surface area (Å²) in [4.78, 5) is 53.5. The van der Waals surface area contributed by atoms with Gasteiger partial charge in [-0.15, -0.1) is 0 Å². The van der Waals surface area contributed by atoms with Crippen molar-refractivity contribution in [1.29, 1.82) is 0 Å². The highest BCUT2D eigenvalue weighted by atomic mass is 35.5. The Morgan fingerprint density at radius 1 is 0.912 bits per heavy atom. The van der Waals surface area contributed by atoms with Crippen LogP contribution in [0.25, 0.3) is 0 Å². The van der Waals surface area contributed by atoms with Crippen LogP contribution >= 0.6 is 23.2 Å². The van der Waals surface area contributed by atoms with Crippen LogP contribution in [0.5, 0.6) is 0 Å². The van der Waals surface area contributed by atoms with Crippen molar-refractivity contribution in [3.8, 4) is 0 Å². The summed E-state index contributed by atoms with van der Waals surface area (Å²) in [5.74, 6) is -1.41. The van der Waals surface area contributed by atoms with Gasteiger partial charge in [-0.25, -0.2) is 9.69 Å². The molecular formula is C26H19Cl2NO5. The summed E-state index contributed by atoms with van der Waals surface area (Å²) in [7, 11) is 0. The number of amides is 2. The molecule has 2 amide bonds. The Balaban J connectivity index is 1.24. The summed E-state index contributed by atoms with van der Waals surface area (Å²) in [6.07, 6.45) is 5.27. The summed E-state index contributed by atoms with van der Waals surface area (Å²) >= 11 is 11.9. The topological polar surface area (TPSA) is 80.8 Å². The number of anilines is 1. The molecule has 1 heterocycles. The summed E-state index contributed by atoms with van der Waals surface area (Å²) in [5, 5.41) is 0.542. The number of para-hydroxylation sites is 1. The standard InChI is InChI=1S/C26H19Cl2NO5/c27-12-5-6-15(19(28)9-12)21(30)11-34-26(33)16-3-1-2-4-20(16)29-24(31)22-13-7-8-14(18-10-17(13)18)23(22)25(29)32/h1-9,13-14,17-18,22-23H,10-11H2/t13-,14-,17-,18+,22-,23+/m0/s1. The van der Waals surface area contributed by atoms with Gasteiger partial charge in [-0.05, 0) is 60.4 Å². The molecule has 0 spiro atoms. The summed E-state index contributed by atoms with van der Waals surface area (Å²) < 4.78 is 5.26. The van der Waals surface area contributed by atoms with Crippen LogP contribution in [0.4, 0.5) is 5.69 Å². The van der Waals surface area contributed by atoms with Gasteiger partial charge in [0, 0.05) is 10.6 Å². The first kappa shape index (κ1) is 21.6. The molecule has 6 nitrogen and oxygen atoms in total. The monoisotopic (exact) mass is 495 g/mol. The minimum atomic E-state index is -0.798. The highest BCUT2D eigenvalue weighted by Crippen LogP contribution is 2.65. The molecule has 6 atom stereocenters. The average Bonchev–Trinajstić information content (AvgIpc) is 3.60. The number of ketones is 1. The number of carbonyl (C=O) groups is 4. The lowest BCUT2D eigenvalue weighted by Crippen LogP contribution is -2.40. The second-order valence-electron chi connectivity index (χ2n) is 9.31. The van der Waals surface area contributed by atoms with Crippen molar-refractivity contribution >= 4 is 52.5 Å². The van der Waals surface area contributed by atoms with Gasteiger partial charge < -0.3 is 4.74 Å². The van der Waals surface area contributed by atoms with Gasteiger partial charge >= 0.3 is 5.97 Å². The van der Waals surface area contributed by atoms with Gasteiger partial charge in [0.05, 0.1) is 28.1 Å². The van der Waals surface area contributed by atoms with Gasteiger partial charge in [0.15, 0.2) is 6.61 Å². The molecule has 1 saturated heterocycles. The van der Waals surface area contributed by atoms with Gasteiger partial charge in [0.2, 0.25) is 17.6 Å². The third kappa shape index (κ3) is 3.16. The van der Waals surface area contributed by atoms with Gasteiger partial charge in [-0.2, -0.15) is 0 Å². The van der Waals surface area contributed by atoms with E-state index in [9.17, 15) is 19.2 Å². The minimum Gasteiger partial charge on any atom is -0.454 e. The van der Waals surface area contributed by atoms with Crippen LogP contribution < -0.4 is 4.90 Å². The number of ether oxygens (including phenoxy) is 1. The molecule has 7 rings (SSSR count). The number of nitrogens with zero attached hydrogens (tertiary/aromatic N) is 1. The lowest BCUT2D eigenvalue weighted by Gasteiger charge is -2.37. The number of hydrogen-bond acceptors (Lipinski definition) is 5. The van der Waals surface area contributed by atoms with Crippen molar-refractivity contribution in [2.45, 2.75) is 6.42 Å². The van der Waals surface area contributed by atoms with Crippen LogP contribution in [0, 0.1) is 35.5 Å². The van der Waals surface area contributed by atoms with Crippen LogP contribution in [0.15, 0.2) is 54.6 Å². The summed E-state index contributed by atoms with van der Waals surface area (Å²) in [6.45, 7) is -0.543. The summed E-state index contributed by atoms with van der Waals surface area (Å²) in [5.41, 5.74) is 0.438. The fourth-order valence-electron chi connectivity index (χ4n) is 6.04. The Labute approximate surface area is 205 Å². The van der Waals surface area contributed by atoms with Crippen LogP contribution in [0.1, 0.15) is 27.1 Å². The SMILES string of the molecule is O=C(COC(=O)c1ccccc1N1C(=O)[C@@H]2[C@H]3C=C[C@@H]([C@@H]4C[C@H]34)[C@@H]2C1=O)c1ccc(Cl)cc1Cl. The van der Waals surface area contributed by atoms with Crippen molar-refractivity contribution in [3.05, 3.63) is 75.8 Å². The largest absolute Gasteiger partial charge is 0.454 e. The Kier molecular flexibility index (Phi) is 4.94. The van der Waals surface area contributed by atoms with Crippen LogP contribution in [0.2, 0.25) is 10.0 Å². The van der Waals surface area contributed by atoms with Gasteiger partial charge in [0.1, 0.15) is 0 Å². The lowest BCUT2D eigenvalue weighted by atomic mass is 9.63. The molecule has 2 bridgehead atoms. The zero-order valence-corrected chi connectivity index (χ0v) is 19.3. The quantitative estimate of drug-likeness (QED) is 0.262. The maximum absolute atomic E-state index is 13.4. The predicted molar refractivity (Wildman–Crippen MR) is 125 cm³/mol. The highest BCUT2D eigenvalue weighted by Gasteiger charge is 2.67. The van der Waals surface area contributed by atoms with E-state index in [1.54, 1.807) is 18.2 Å². The Morgan fingerprint density at radius 2 is 1.56 bits per heavy atom. The highest BCUT2D eigenvalue weighted by molar-refractivity contribution is 6.37. The van der Waals surface area contributed by atoms with Crippen molar-refractivity contribution in [2.24, 2.45) is 35.5 Å². The van der Waals surface area contributed by atoms with Crippen LogP contribution in [0.3, 0.4) is 0 Å². The minimum absolute atomic E-state index is 0.0586. The van der Waals surface area contributed by atoms with Gasteiger partial charge in [-0.3, -0.25) is 14.4 Å². The average molecular weight is 496 g/mol. The summed E-state index contributed by atoms with van der Waals surface area (Å²) in [6, 6.07) is 10.8. The second kappa shape index (κ2) is 7.79. The number of Topliss-reactive ketones (excluding diaryl/α,β-unsaturated/α-hetero) is 1. The third-order valence-electron chi connectivity index (χ3n) is 7.59. The molecule has 34 heavy (non-hydrogen) atoms. The number of benzene rings is 2. The molecule has 2 saturated carbocycles. The molecule has 8 heteroatoms. The van der Waals surface area contributed by atoms with Crippen LogP contribution in [-0.4, -0.2) is 30.2 Å². The van der Waals surface area contributed by atoms with Crippen molar-refractivity contribution < 1.29 is 23.9 Å². The number of allylic oxidation sites excluding steroid dienone is 2. The van der Waals surface area contributed by atoms with Crippen molar-refractivity contribution in [3.63, 3.8) is 0 Å². The van der Waals surface area contributed by atoms with E-state index in [1.807, 2.05) is 0 Å². The van der Waals surface area contributed by atoms with E-state index in [4.69, 9.17) is 27.9 Å². The normalized spacial score (nSPS) is 30.2. The molecule has 2 aromatic rings. The number of imide groups is 1. The van der Waals surface area contributed by atoms with Crippen molar-refractivity contribution in [1.82, 2.24) is 0 Å². The fourth-order valence-corrected chi connectivity index (χ4v) is 6.55. The van der Waals surface area contributed by atoms with E-state index in [1.165, 1.54) is 24.3 Å². The number of halogens is 2. The number of carbonyl (C=O) groups excluding carboxylic acids is 4. The number of esters is 1. The Hall–Kier alpha value is -2.96. The molecule has 172 valence electrons. The number of hydrogen-bond donors (Lipinski definition) is 0. The first-order valence-electron chi connectivity index (χ1n) is 11.2. The van der Waals surface area contributed by atoms with E-state index in [2.05, 4.69) is 12.2 Å². The molecule has 0 aromatic heterocycles. The molecule has 3 fully saturated rings. The Bertz CT molecular complexity index is 1270. The zero-order chi connectivity index (χ0) is 23.7. The van der Waals surface area contributed by atoms with Crippen molar-refractivity contribution in [2.75, 3.05) is 11.5 Å². The third-order valence-corrected chi connectivity index (χ3v) is 8.14. The molecule has 2 aromatic carbocycles. The maximum Gasteiger partial charge on any atom is 0.340 e. The first-order chi connectivity index (χ1) is 16.4. The molecule has 1 aliphatic heterocycles.